The highest BCUT2D eigenvalue weighted by Gasteiger charge is 2.44. The molecule has 24 heavy (non-hydrogen) atoms. The van der Waals surface area contributed by atoms with Crippen LogP contribution in [0.1, 0.15) is 41.5 Å². The fourth-order valence-electron chi connectivity index (χ4n) is 1.68. The highest BCUT2D eigenvalue weighted by Crippen LogP contribution is 2.53. The highest BCUT2D eigenvalue weighted by molar-refractivity contribution is 7.57. The minimum Gasteiger partial charge on any atom is -0.468 e. The van der Waals surface area contributed by atoms with Crippen LogP contribution in [0.3, 0.4) is 0 Å². The van der Waals surface area contributed by atoms with Gasteiger partial charge >= 0.3 is 19.7 Å². The third-order valence-corrected chi connectivity index (χ3v) is 4.93. The predicted octanol–water partition coefficient (Wildman–Crippen LogP) is 2.69. The average Bonchev–Trinajstić information content (AvgIpc) is 2.43. The lowest BCUT2D eigenvalue weighted by atomic mass is 10.2. The first-order chi connectivity index (χ1) is 11.0. The first-order valence-electron chi connectivity index (χ1n) is 7.50. The second-order valence-corrected chi connectivity index (χ2v) is 7.78. The number of ether oxygens (including phenoxy) is 2. The predicted molar refractivity (Wildman–Crippen MR) is 89.1 cm³/mol. The van der Waals surface area contributed by atoms with Gasteiger partial charge in [-0.2, -0.15) is 5.10 Å². The third-order valence-electron chi connectivity index (χ3n) is 2.48. The van der Waals surface area contributed by atoms with Crippen molar-refractivity contribution in [1.29, 1.82) is 0 Å². The molecule has 0 aliphatic heterocycles. The zero-order valence-corrected chi connectivity index (χ0v) is 16.1. The van der Waals surface area contributed by atoms with Gasteiger partial charge in [0.2, 0.25) is 0 Å². The Balaban J connectivity index is 5.44. The lowest BCUT2D eigenvalue weighted by Gasteiger charge is -2.24. The quantitative estimate of drug-likeness (QED) is 0.304. The normalized spacial score (nSPS) is 14.0. The van der Waals surface area contributed by atoms with E-state index >= 15 is 0 Å². The molecule has 0 radical (unpaired) electrons. The monoisotopic (exact) mass is 366 g/mol. The van der Waals surface area contributed by atoms with E-state index in [-0.39, 0.29) is 18.9 Å². The number of hydrogen-bond acceptors (Lipinski definition) is 8. The molecule has 1 atom stereocenters. The van der Waals surface area contributed by atoms with Crippen molar-refractivity contribution in [2.75, 3.05) is 20.3 Å². The van der Waals surface area contributed by atoms with Gasteiger partial charge in [-0.3, -0.25) is 9.36 Å². The van der Waals surface area contributed by atoms with Gasteiger partial charge in [0, 0.05) is 0 Å². The molecule has 0 aromatic heterocycles. The van der Waals surface area contributed by atoms with Crippen LogP contribution < -0.4 is 5.43 Å². The van der Waals surface area contributed by atoms with Gasteiger partial charge < -0.3 is 18.5 Å². The molecule has 1 N–H and O–H groups in total. The number of carbonyl (C=O) groups excluding carboxylic acids is 2. The molecular weight excluding hydrogens is 339 g/mol. The van der Waals surface area contributed by atoms with E-state index in [0.717, 1.165) is 7.11 Å². The van der Waals surface area contributed by atoms with E-state index < -0.39 is 30.9 Å². The van der Waals surface area contributed by atoms with Gasteiger partial charge in [0.05, 0.1) is 26.0 Å². The highest BCUT2D eigenvalue weighted by atomic mass is 31.2. The Hall–Kier alpha value is -1.44. The van der Waals surface area contributed by atoms with Gasteiger partial charge in [-0.25, -0.2) is 10.2 Å². The maximum atomic E-state index is 12.9. The van der Waals surface area contributed by atoms with Crippen molar-refractivity contribution < 1.29 is 32.7 Å². The number of rotatable bonds is 8. The molecule has 0 aliphatic rings. The van der Waals surface area contributed by atoms with Crippen molar-refractivity contribution in [1.82, 2.24) is 5.43 Å². The van der Waals surface area contributed by atoms with Crippen LogP contribution in [0.5, 0.6) is 0 Å². The summed E-state index contributed by atoms with van der Waals surface area (Å²) in [5, 5.41) is 3.77. The first-order valence-corrected chi connectivity index (χ1v) is 9.11. The Morgan fingerprint density at radius 2 is 1.67 bits per heavy atom. The lowest BCUT2D eigenvalue weighted by Crippen LogP contribution is -2.35. The maximum absolute atomic E-state index is 12.9. The molecule has 0 heterocycles. The van der Waals surface area contributed by atoms with Crippen LogP contribution in [0.15, 0.2) is 5.10 Å². The molecular formula is C14H27N2O7P. The van der Waals surface area contributed by atoms with Gasteiger partial charge in [-0.1, -0.05) is 0 Å². The minimum absolute atomic E-state index is 0.0120. The molecule has 0 aromatic rings. The van der Waals surface area contributed by atoms with E-state index in [9.17, 15) is 14.2 Å². The Labute approximate surface area is 142 Å². The Morgan fingerprint density at radius 3 is 2.04 bits per heavy atom. The van der Waals surface area contributed by atoms with Gasteiger partial charge in [0.15, 0.2) is 5.66 Å². The van der Waals surface area contributed by atoms with E-state index in [2.05, 4.69) is 15.3 Å². The summed E-state index contributed by atoms with van der Waals surface area (Å²) < 4.78 is 32.9. The van der Waals surface area contributed by atoms with Crippen LogP contribution in [-0.2, 0) is 27.9 Å². The molecule has 0 aliphatic carbocycles. The molecule has 0 bridgehead atoms. The van der Waals surface area contributed by atoms with Crippen molar-refractivity contribution in [3.63, 3.8) is 0 Å². The molecule has 0 fully saturated rings. The number of amides is 1. The largest absolute Gasteiger partial charge is 0.468 e. The zero-order chi connectivity index (χ0) is 19.0. The summed E-state index contributed by atoms with van der Waals surface area (Å²) in [5.41, 5.74) is 0.0550. The number of esters is 1. The molecule has 0 saturated carbocycles. The SMILES string of the molecule is CCOP(=O)(OCC)C(C(=O)OC)/C(C)=N/NC(=O)OC(C)(C)C. The third kappa shape index (κ3) is 7.42. The van der Waals surface area contributed by atoms with E-state index in [1.54, 1.807) is 34.6 Å². The van der Waals surface area contributed by atoms with E-state index in [1.165, 1.54) is 6.92 Å². The van der Waals surface area contributed by atoms with Crippen molar-refractivity contribution in [2.45, 2.75) is 52.8 Å². The van der Waals surface area contributed by atoms with Crippen LogP contribution in [0.25, 0.3) is 0 Å². The lowest BCUT2D eigenvalue weighted by molar-refractivity contribution is -0.139. The van der Waals surface area contributed by atoms with Crippen molar-refractivity contribution in [2.24, 2.45) is 5.10 Å². The Kier molecular flexibility index (Phi) is 9.17. The zero-order valence-electron chi connectivity index (χ0n) is 15.2. The molecule has 140 valence electrons. The molecule has 9 nitrogen and oxygen atoms in total. The van der Waals surface area contributed by atoms with Crippen LogP contribution in [-0.4, -0.2) is 49.4 Å². The summed E-state index contributed by atoms with van der Waals surface area (Å²) in [5.74, 6) is -0.840. The summed E-state index contributed by atoms with van der Waals surface area (Å²) >= 11 is 0. The number of nitrogens with one attached hydrogen (secondary N) is 1. The summed E-state index contributed by atoms with van der Waals surface area (Å²) in [7, 11) is -2.71. The molecule has 0 spiro atoms. The number of hydrazone groups is 1. The number of hydrogen-bond donors (Lipinski definition) is 1. The van der Waals surface area contributed by atoms with Crippen molar-refractivity contribution in [3.8, 4) is 0 Å². The maximum Gasteiger partial charge on any atom is 0.428 e. The number of carbonyl (C=O) groups is 2. The van der Waals surface area contributed by atoms with Gasteiger partial charge in [-0.05, 0) is 41.5 Å². The molecule has 1 amide bonds. The summed E-state index contributed by atoms with van der Waals surface area (Å²) in [6, 6.07) is 0. The number of methoxy groups -OCH3 is 1. The van der Waals surface area contributed by atoms with Crippen LogP contribution in [0.2, 0.25) is 0 Å². The number of nitrogens with zero attached hydrogens (tertiary/aromatic N) is 1. The Bertz CT molecular complexity index is 504. The fraction of sp³-hybridized carbons (Fsp3) is 0.786. The fourth-order valence-corrected chi connectivity index (χ4v) is 3.65. The van der Waals surface area contributed by atoms with E-state index in [1.807, 2.05) is 0 Å². The average molecular weight is 366 g/mol. The summed E-state index contributed by atoms with van der Waals surface area (Å²) in [6.07, 6.45) is -0.812. The second-order valence-electron chi connectivity index (χ2n) is 5.67. The van der Waals surface area contributed by atoms with E-state index in [0.29, 0.717) is 0 Å². The van der Waals surface area contributed by atoms with Gasteiger partial charge in [0.1, 0.15) is 5.60 Å². The summed E-state index contributed by atoms with van der Waals surface area (Å²) in [4.78, 5) is 23.7. The van der Waals surface area contributed by atoms with Crippen LogP contribution in [0.4, 0.5) is 4.79 Å². The van der Waals surface area contributed by atoms with Crippen LogP contribution >= 0.6 is 7.60 Å². The van der Waals surface area contributed by atoms with Gasteiger partial charge in [0.25, 0.3) is 0 Å². The molecule has 0 aromatic carbocycles. The second kappa shape index (κ2) is 9.76. The topological polar surface area (TPSA) is 113 Å². The van der Waals surface area contributed by atoms with Crippen LogP contribution in [0, 0.1) is 0 Å². The standard InChI is InChI=1S/C14H27N2O7P/c1-8-21-24(19,22-9-2)11(12(17)20-7)10(3)15-16-13(18)23-14(4,5)6/h11H,8-9H2,1-7H3,(H,16,18)/b15-10+. The van der Waals surface area contributed by atoms with Crippen molar-refractivity contribution >= 4 is 25.4 Å². The minimum atomic E-state index is -3.86. The molecule has 1 unspecified atom stereocenters. The van der Waals surface area contributed by atoms with Crippen molar-refractivity contribution in [3.05, 3.63) is 0 Å². The first kappa shape index (κ1) is 22.6. The molecule has 10 heteroatoms. The molecule has 0 saturated heterocycles. The summed E-state index contributed by atoms with van der Waals surface area (Å²) in [6.45, 7) is 9.85. The Morgan fingerprint density at radius 1 is 1.17 bits per heavy atom. The van der Waals surface area contributed by atoms with E-state index in [4.69, 9.17) is 13.8 Å². The smallest absolute Gasteiger partial charge is 0.428 e. The molecule has 0 rings (SSSR count). The van der Waals surface area contributed by atoms with Gasteiger partial charge in [-0.15, -0.1) is 0 Å².